The van der Waals surface area contributed by atoms with E-state index in [2.05, 4.69) is 9.97 Å². The van der Waals surface area contributed by atoms with Crippen molar-refractivity contribution in [2.45, 2.75) is 32.8 Å². The third kappa shape index (κ3) is 4.05. The number of amides is 1. The smallest absolute Gasteiger partial charge is 0.316 e. The Morgan fingerprint density at radius 1 is 1.42 bits per heavy atom. The van der Waals surface area contributed by atoms with Gasteiger partial charge < -0.3 is 9.64 Å². The summed E-state index contributed by atoms with van der Waals surface area (Å²) in [5, 5.41) is 0. The molecule has 2 rings (SSSR count). The lowest BCUT2D eigenvalue weighted by Gasteiger charge is -2.31. The van der Waals surface area contributed by atoms with Gasteiger partial charge in [-0.3, -0.25) is 4.79 Å². The third-order valence-corrected chi connectivity index (χ3v) is 2.92. The zero-order valence-corrected chi connectivity index (χ0v) is 11.4. The zero-order valence-electron chi connectivity index (χ0n) is 11.4. The molecule has 0 bridgehead atoms. The van der Waals surface area contributed by atoms with Crippen molar-refractivity contribution in [1.29, 1.82) is 0 Å². The van der Waals surface area contributed by atoms with E-state index in [-0.39, 0.29) is 12.0 Å². The first-order chi connectivity index (χ1) is 9.15. The number of carbonyl (C=O) groups is 1. The Morgan fingerprint density at radius 2 is 2.16 bits per heavy atom. The van der Waals surface area contributed by atoms with Gasteiger partial charge >= 0.3 is 6.01 Å². The highest BCUT2D eigenvalue weighted by molar-refractivity contribution is 5.88. The van der Waals surface area contributed by atoms with E-state index >= 15 is 0 Å². The molecular weight excluding hydrogens is 242 g/mol. The Labute approximate surface area is 113 Å². The van der Waals surface area contributed by atoms with Crippen LogP contribution in [0, 0.1) is 0 Å². The van der Waals surface area contributed by atoms with E-state index in [1.807, 2.05) is 18.7 Å². The lowest BCUT2D eigenvalue weighted by molar-refractivity contribution is -0.128. The van der Waals surface area contributed by atoms with Gasteiger partial charge in [0.25, 0.3) is 0 Å². The fourth-order valence-electron chi connectivity index (χ4n) is 2.07. The Balaban J connectivity index is 1.94. The molecular formula is C14H19N3O2. The van der Waals surface area contributed by atoms with Crippen molar-refractivity contribution < 1.29 is 9.53 Å². The Morgan fingerprint density at radius 3 is 2.84 bits per heavy atom. The maximum atomic E-state index is 12.0. The number of rotatable bonds is 3. The summed E-state index contributed by atoms with van der Waals surface area (Å²) in [5.41, 5.74) is 1.01. The maximum Gasteiger partial charge on any atom is 0.316 e. The number of hydrogen-bond acceptors (Lipinski definition) is 4. The molecule has 19 heavy (non-hydrogen) atoms. The van der Waals surface area contributed by atoms with E-state index in [0.717, 1.165) is 25.0 Å². The maximum absolute atomic E-state index is 12.0. The molecule has 0 radical (unpaired) electrons. The summed E-state index contributed by atoms with van der Waals surface area (Å²) in [6, 6.07) is 2.13. The van der Waals surface area contributed by atoms with Crippen LogP contribution in [0.25, 0.3) is 0 Å². The molecule has 0 N–H and O–H groups in total. The first-order valence-corrected chi connectivity index (χ1v) is 6.52. The summed E-state index contributed by atoms with van der Waals surface area (Å²) in [7, 11) is 0. The summed E-state index contributed by atoms with van der Waals surface area (Å²) >= 11 is 0. The van der Waals surface area contributed by atoms with Crippen LogP contribution in [0.3, 0.4) is 0 Å². The second-order valence-electron chi connectivity index (χ2n) is 4.92. The van der Waals surface area contributed by atoms with Crippen molar-refractivity contribution in [3.63, 3.8) is 0 Å². The van der Waals surface area contributed by atoms with Crippen LogP contribution in [0.15, 0.2) is 30.1 Å². The predicted molar refractivity (Wildman–Crippen MR) is 71.7 cm³/mol. The quantitative estimate of drug-likeness (QED) is 0.779. The summed E-state index contributed by atoms with van der Waals surface area (Å²) in [4.78, 5) is 21.9. The molecule has 0 aromatic carbocycles. The molecule has 1 amide bonds. The van der Waals surface area contributed by atoms with Crippen molar-refractivity contribution >= 4 is 5.91 Å². The number of hydrogen-bond donors (Lipinski definition) is 0. The number of likely N-dealkylation sites (tertiary alicyclic amines) is 1. The van der Waals surface area contributed by atoms with E-state index < -0.39 is 0 Å². The number of nitrogens with zero attached hydrogens (tertiary/aromatic N) is 3. The molecule has 1 atom stereocenters. The fourth-order valence-corrected chi connectivity index (χ4v) is 2.07. The molecule has 0 aliphatic carbocycles. The first kappa shape index (κ1) is 13.5. The second-order valence-corrected chi connectivity index (χ2v) is 4.92. The number of carbonyl (C=O) groups excluding carboxylic acids is 1. The van der Waals surface area contributed by atoms with Crippen LogP contribution in [0.1, 0.15) is 26.7 Å². The van der Waals surface area contributed by atoms with Crippen LogP contribution in [0.5, 0.6) is 6.01 Å². The van der Waals surface area contributed by atoms with Crippen molar-refractivity contribution in [3.8, 4) is 6.01 Å². The molecule has 1 aliphatic heterocycles. The molecule has 1 saturated heterocycles. The van der Waals surface area contributed by atoms with Gasteiger partial charge in [-0.05, 0) is 32.8 Å². The van der Waals surface area contributed by atoms with Crippen LogP contribution in [-0.2, 0) is 4.79 Å². The highest BCUT2D eigenvalue weighted by Gasteiger charge is 2.24. The molecule has 1 aliphatic rings. The predicted octanol–water partition coefficient (Wildman–Crippen LogP) is 1.81. The Bertz CT molecular complexity index is 455. The van der Waals surface area contributed by atoms with Gasteiger partial charge in [0, 0.05) is 25.0 Å². The topological polar surface area (TPSA) is 55.3 Å². The van der Waals surface area contributed by atoms with Crippen LogP contribution < -0.4 is 4.74 Å². The highest BCUT2D eigenvalue weighted by Crippen LogP contribution is 2.15. The molecule has 102 valence electrons. The molecule has 1 aromatic rings. The lowest BCUT2D eigenvalue weighted by atomic mass is 10.1. The molecule has 0 saturated carbocycles. The Hall–Kier alpha value is -1.91. The standard InChI is InChI=1S/C14H19N3O2/c1-11(2)9-13(18)17-8-3-5-12(10-17)19-14-15-6-4-7-16-14/h4,6-7,9,12H,3,5,8,10H2,1-2H3. The second kappa shape index (κ2) is 6.31. The van der Waals surface area contributed by atoms with E-state index in [0.29, 0.717) is 12.6 Å². The van der Waals surface area contributed by atoms with Gasteiger partial charge in [-0.25, -0.2) is 9.97 Å². The lowest BCUT2D eigenvalue weighted by Crippen LogP contribution is -2.44. The van der Waals surface area contributed by atoms with Gasteiger partial charge in [-0.15, -0.1) is 0 Å². The van der Waals surface area contributed by atoms with Crippen molar-refractivity contribution in [1.82, 2.24) is 14.9 Å². The van der Waals surface area contributed by atoms with Crippen LogP contribution >= 0.6 is 0 Å². The minimum Gasteiger partial charge on any atom is -0.458 e. The largest absolute Gasteiger partial charge is 0.458 e. The van der Waals surface area contributed by atoms with Gasteiger partial charge in [-0.2, -0.15) is 0 Å². The van der Waals surface area contributed by atoms with Gasteiger partial charge in [0.05, 0.1) is 6.54 Å². The van der Waals surface area contributed by atoms with Crippen LogP contribution in [0.4, 0.5) is 0 Å². The van der Waals surface area contributed by atoms with E-state index in [9.17, 15) is 4.79 Å². The number of ether oxygens (including phenoxy) is 1. The molecule has 1 unspecified atom stereocenters. The molecule has 1 fully saturated rings. The van der Waals surface area contributed by atoms with E-state index in [1.54, 1.807) is 24.5 Å². The molecule has 5 nitrogen and oxygen atoms in total. The molecule has 5 heteroatoms. The number of aromatic nitrogens is 2. The minimum absolute atomic E-state index is 0.0225. The van der Waals surface area contributed by atoms with Crippen molar-refractivity contribution in [3.05, 3.63) is 30.1 Å². The first-order valence-electron chi connectivity index (χ1n) is 6.52. The highest BCUT2D eigenvalue weighted by atomic mass is 16.5. The van der Waals surface area contributed by atoms with E-state index in [4.69, 9.17) is 4.74 Å². The van der Waals surface area contributed by atoms with Gasteiger partial charge in [-0.1, -0.05) is 5.57 Å². The summed E-state index contributed by atoms with van der Waals surface area (Å²) < 4.78 is 5.70. The molecule has 2 heterocycles. The number of piperidine rings is 1. The SMILES string of the molecule is CC(C)=CC(=O)N1CCCC(Oc2ncccn2)C1. The van der Waals surface area contributed by atoms with Crippen molar-refractivity contribution in [2.75, 3.05) is 13.1 Å². The van der Waals surface area contributed by atoms with Gasteiger partial charge in [0.1, 0.15) is 6.10 Å². The average molecular weight is 261 g/mol. The number of allylic oxidation sites excluding steroid dienone is 1. The summed E-state index contributed by atoms with van der Waals surface area (Å²) in [5.74, 6) is 0.0577. The van der Waals surface area contributed by atoms with Crippen molar-refractivity contribution in [2.24, 2.45) is 0 Å². The molecule has 0 spiro atoms. The van der Waals surface area contributed by atoms with Crippen LogP contribution in [-0.4, -0.2) is 40.0 Å². The van der Waals surface area contributed by atoms with Gasteiger partial charge in [0.2, 0.25) is 5.91 Å². The third-order valence-electron chi connectivity index (χ3n) is 2.92. The Kier molecular flexibility index (Phi) is 4.49. The zero-order chi connectivity index (χ0) is 13.7. The average Bonchev–Trinajstić information content (AvgIpc) is 2.39. The fraction of sp³-hybridized carbons (Fsp3) is 0.500. The summed E-state index contributed by atoms with van der Waals surface area (Å²) in [6.45, 7) is 5.24. The minimum atomic E-state index is -0.0225. The monoisotopic (exact) mass is 261 g/mol. The summed E-state index contributed by atoms with van der Waals surface area (Å²) in [6.07, 6.45) is 6.82. The molecule has 1 aromatic heterocycles. The van der Waals surface area contributed by atoms with E-state index in [1.165, 1.54) is 0 Å². The van der Waals surface area contributed by atoms with Gasteiger partial charge in [0.15, 0.2) is 0 Å². The van der Waals surface area contributed by atoms with Crippen LogP contribution in [0.2, 0.25) is 0 Å². The normalized spacial score (nSPS) is 18.8.